The van der Waals surface area contributed by atoms with Crippen molar-refractivity contribution in [1.29, 1.82) is 0 Å². The Labute approximate surface area is 167 Å². The van der Waals surface area contributed by atoms with Crippen molar-refractivity contribution < 1.29 is 19.1 Å². The van der Waals surface area contributed by atoms with Crippen LogP contribution < -0.4 is 4.74 Å². The molecule has 150 valence electrons. The van der Waals surface area contributed by atoms with Gasteiger partial charge in [0.25, 0.3) is 0 Å². The molecule has 0 aromatic heterocycles. The summed E-state index contributed by atoms with van der Waals surface area (Å²) in [6.07, 6.45) is 3.54. The van der Waals surface area contributed by atoms with Crippen LogP contribution in [-0.2, 0) is 14.3 Å². The number of carbonyl (C=O) groups excluding carboxylic acids is 2. The van der Waals surface area contributed by atoms with Gasteiger partial charge >= 0.3 is 11.9 Å². The summed E-state index contributed by atoms with van der Waals surface area (Å²) in [5.74, 6) is -0.611. The Kier molecular flexibility index (Phi) is 8.24. The zero-order valence-corrected chi connectivity index (χ0v) is 17.1. The first kappa shape index (κ1) is 21.7. The highest BCUT2D eigenvalue weighted by atomic mass is 16.6. The van der Waals surface area contributed by atoms with Crippen molar-refractivity contribution in [3.8, 4) is 16.9 Å². The maximum atomic E-state index is 12.9. The lowest BCUT2D eigenvalue weighted by atomic mass is 9.82. The predicted molar refractivity (Wildman–Crippen MR) is 111 cm³/mol. The summed E-state index contributed by atoms with van der Waals surface area (Å²) in [6.45, 7) is 6.06. The van der Waals surface area contributed by atoms with E-state index < -0.39 is 17.4 Å². The average molecular weight is 382 g/mol. The molecule has 0 fully saturated rings. The minimum absolute atomic E-state index is 0.341. The Morgan fingerprint density at radius 2 is 1.39 bits per heavy atom. The van der Waals surface area contributed by atoms with Crippen molar-refractivity contribution in [2.75, 3.05) is 6.61 Å². The summed E-state index contributed by atoms with van der Waals surface area (Å²) < 4.78 is 10.9. The third kappa shape index (κ3) is 5.22. The van der Waals surface area contributed by atoms with E-state index in [1.54, 1.807) is 12.1 Å². The number of ether oxygens (including phenoxy) is 2. The molecular weight excluding hydrogens is 352 g/mol. The van der Waals surface area contributed by atoms with Crippen molar-refractivity contribution >= 4 is 11.9 Å². The number of rotatable bonds is 10. The van der Waals surface area contributed by atoms with Crippen LogP contribution in [0.4, 0.5) is 0 Å². The lowest BCUT2D eigenvalue weighted by Crippen LogP contribution is -2.42. The van der Waals surface area contributed by atoms with Gasteiger partial charge in [-0.15, -0.1) is 0 Å². The quantitative estimate of drug-likeness (QED) is 0.226. The SMILES string of the molecule is CCCCCOC(=O)C(CC)(CC)C(=O)Oc1ccc(-c2ccccc2)cc1. The van der Waals surface area contributed by atoms with Gasteiger partial charge in [-0.3, -0.25) is 9.59 Å². The Hall–Kier alpha value is -2.62. The fourth-order valence-corrected chi connectivity index (χ4v) is 3.12. The van der Waals surface area contributed by atoms with Gasteiger partial charge in [0.2, 0.25) is 0 Å². The van der Waals surface area contributed by atoms with Gasteiger partial charge in [-0.25, -0.2) is 0 Å². The van der Waals surface area contributed by atoms with Gasteiger partial charge in [-0.1, -0.05) is 76.1 Å². The summed E-state index contributed by atoms with van der Waals surface area (Å²) in [4.78, 5) is 25.5. The first-order valence-corrected chi connectivity index (χ1v) is 10.1. The summed E-state index contributed by atoms with van der Waals surface area (Å²) in [5, 5.41) is 0. The second-order valence-corrected chi connectivity index (χ2v) is 6.91. The monoisotopic (exact) mass is 382 g/mol. The molecule has 0 amide bonds. The molecule has 2 rings (SSSR count). The van der Waals surface area contributed by atoms with E-state index in [4.69, 9.17) is 9.47 Å². The van der Waals surface area contributed by atoms with Crippen LogP contribution in [0.15, 0.2) is 54.6 Å². The van der Waals surface area contributed by atoms with Gasteiger partial charge in [0, 0.05) is 0 Å². The highest BCUT2D eigenvalue weighted by molar-refractivity contribution is 6.00. The maximum Gasteiger partial charge on any atom is 0.328 e. The van der Waals surface area contributed by atoms with Crippen LogP contribution in [0, 0.1) is 5.41 Å². The topological polar surface area (TPSA) is 52.6 Å². The molecule has 0 unspecified atom stereocenters. The third-order valence-electron chi connectivity index (χ3n) is 5.14. The normalized spacial score (nSPS) is 11.1. The number of unbranched alkanes of at least 4 members (excludes halogenated alkanes) is 2. The molecule has 0 bridgehead atoms. The van der Waals surface area contributed by atoms with E-state index in [1.165, 1.54) is 0 Å². The van der Waals surface area contributed by atoms with Gasteiger partial charge in [0.1, 0.15) is 5.75 Å². The molecule has 0 radical (unpaired) electrons. The molecule has 0 spiro atoms. The lowest BCUT2D eigenvalue weighted by molar-refractivity contribution is -0.168. The van der Waals surface area contributed by atoms with E-state index in [0.717, 1.165) is 30.4 Å². The predicted octanol–water partition coefficient (Wildman–Crippen LogP) is 5.80. The molecule has 0 atom stereocenters. The molecule has 0 aliphatic rings. The molecule has 2 aromatic rings. The smallest absolute Gasteiger partial charge is 0.328 e. The van der Waals surface area contributed by atoms with E-state index in [-0.39, 0.29) is 0 Å². The minimum Gasteiger partial charge on any atom is -0.465 e. The zero-order chi connectivity index (χ0) is 20.4. The van der Waals surface area contributed by atoms with E-state index in [0.29, 0.717) is 25.2 Å². The molecular formula is C24H30O4. The van der Waals surface area contributed by atoms with Crippen molar-refractivity contribution in [2.24, 2.45) is 5.41 Å². The van der Waals surface area contributed by atoms with Gasteiger partial charge in [0.15, 0.2) is 5.41 Å². The summed E-state index contributed by atoms with van der Waals surface area (Å²) in [6, 6.07) is 17.3. The average Bonchev–Trinajstić information content (AvgIpc) is 2.74. The van der Waals surface area contributed by atoms with Crippen molar-refractivity contribution in [2.45, 2.75) is 52.9 Å². The van der Waals surface area contributed by atoms with Crippen LogP contribution in [-0.4, -0.2) is 18.5 Å². The van der Waals surface area contributed by atoms with E-state index >= 15 is 0 Å². The van der Waals surface area contributed by atoms with E-state index in [9.17, 15) is 9.59 Å². The number of hydrogen-bond donors (Lipinski definition) is 0. The van der Waals surface area contributed by atoms with Gasteiger partial charge in [0.05, 0.1) is 6.61 Å². The van der Waals surface area contributed by atoms with Crippen LogP contribution in [0.5, 0.6) is 5.75 Å². The minimum atomic E-state index is -1.26. The Morgan fingerprint density at radius 3 is 1.96 bits per heavy atom. The summed E-state index contributed by atoms with van der Waals surface area (Å²) in [5.41, 5.74) is 0.866. The van der Waals surface area contributed by atoms with Gasteiger partial charge < -0.3 is 9.47 Å². The summed E-state index contributed by atoms with van der Waals surface area (Å²) >= 11 is 0. The molecule has 0 N–H and O–H groups in total. The molecule has 0 aliphatic carbocycles. The fraction of sp³-hybridized carbons (Fsp3) is 0.417. The Bertz CT molecular complexity index is 746. The van der Waals surface area contributed by atoms with E-state index in [2.05, 4.69) is 6.92 Å². The maximum absolute atomic E-state index is 12.9. The van der Waals surface area contributed by atoms with Crippen LogP contribution >= 0.6 is 0 Å². The molecule has 4 heteroatoms. The molecule has 2 aromatic carbocycles. The molecule has 0 heterocycles. The second kappa shape index (κ2) is 10.6. The van der Waals surface area contributed by atoms with Gasteiger partial charge in [-0.05, 0) is 42.5 Å². The molecule has 4 nitrogen and oxygen atoms in total. The molecule has 0 saturated carbocycles. The van der Waals surface area contributed by atoms with Crippen LogP contribution in [0.25, 0.3) is 11.1 Å². The van der Waals surface area contributed by atoms with Crippen LogP contribution in [0.1, 0.15) is 52.9 Å². The number of esters is 2. The van der Waals surface area contributed by atoms with Crippen LogP contribution in [0.3, 0.4) is 0 Å². The number of benzene rings is 2. The van der Waals surface area contributed by atoms with Gasteiger partial charge in [-0.2, -0.15) is 0 Å². The Morgan fingerprint density at radius 1 is 0.786 bits per heavy atom. The van der Waals surface area contributed by atoms with Crippen molar-refractivity contribution in [3.05, 3.63) is 54.6 Å². The van der Waals surface area contributed by atoms with Crippen molar-refractivity contribution in [3.63, 3.8) is 0 Å². The largest absolute Gasteiger partial charge is 0.465 e. The third-order valence-corrected chi connectivity index (χ3v) is 5.14. The zero-order valence-electron chi connectivity index (χ0n) is 17.1. The number of hydrogen-bond acceptors (Lipinski definition) is 4. The molecule has 0 aliphatic heterocycles. The standard InChI is InChI=1S/C24H30O4/c1-4-7-11-18-27-22(25)24(5-2,6-3)23(26)28-21-16-14-20(15-17-21)19-12-9-8-10-13-19/h8-10,12-17H,4-7,11,18H2,1-3H3. The van der Waals surface area contributed by atoms with Crippen LogP contribution in [0.2, 0.25) is 0 Å². The molecule has 28 heavy (non-hydrogen) atoms. The molecule has 0 saturated heterocycles. The van der Waals surface area contributed by atoms with Crippen molar-refractivity contribution in [1.82, 2.24) is 0 Å². The highest BCUT2D eigenvalue weighted by Crippen LogP contribution is 2.31. The second-order valence-electron chi connectivity index (χ2n) is 6.91. The first-order chi connectivity index (χ1) is 13.6. The lowest BCUT2D eigenvalue weighted by Gasteiger charge is -2.26. The highest BCUT2D eigenvalue weighted by Gasteiger charge is 2.46. The number of carbonyl (C=O) groups is 2. The fourth-order valence-electron chi connectivity index (χ4n) is 3.12. The Balaban J connectivity index is 2.07. The first-order valence-electron chi connectivity index (χ1n) is 10.1. The summed E-state index contributed by atoms with van der Waals surface area (Å²) in [7, 11) is 0. The van der Waals surface area contributed by atoms with E-state index in [1.807, 2.05) is 56.3 Å².